The molecule has 1 heterocycles. The zero-order chi connectivity index (χ0) is 18.1. The van der Waals surface area contributed by atoms with E-state index in [1.807, 2.05) is 11.4 Å². The summed E-state index contributed by atoms with van der Waals surface area (Å²) in [5.74, 6) is 0.0247. The maximum Gasteiger partial charge on any atom is 0.226 e. The Balaban J connectivity index is 1.76. The van der Waals surface area contributed by atoms with Crippen molar-refractivity contribution in [1.29, 1.82) is 0 Å². The molecule has 0 fully saturated rings. The molecule has 0 bridgehead atoms. The summed E-state index contributed by atoms with van der Waals surface area (Å²) in [5.41, 5.74) is 1.56. The highest BCUT2D eigenvalue weighted by Crippen LogP contribution is 2.32. The molecule has 136 valence electrons. The maximum atomic E-state index is 12.0. The Bertz CT molecular complexity index is 688. The standard InChI is InChI=1S/C19H24Cl2N2OS/c1-2-3-4-5-6-7-8-9-18(24)23-19-22-17(13-25-19)15-11-10-14(20)12-16(15)21/h10-13H,2-9H2,1H3,(H,22,23,24). The smallest absolute Gasteiger partial charge is 0.226 e. The van der Waals surface area contributed by atoms with Gasteiger partial charge in [-0.15, -0.1) is 11.3 Å². The lowest BCUT2D eigenvalue weighted by Gasteiger charge is -2.03. The number of halogens is 2. The first kappa shape index (κ1) is 20.2. The number of anilines is 1. The van der Waals surface area contributed by atoms with Gasteiger partial charge in [0.25, 0.3) is 0 Å². The van der Waals surface area contributed by atoms with Gasteiger partial charge in [-0.2, -0.15) is 0 Å². The molecular weight excluding hydrogens is 375 g/mol. The largest absolute Gasteiger partial charge is 0.302 e. The van der Waals surface area contributed by atoms with E-state index >= 15 is 0 Å². The Labute approximate surface area is 163 Å². The van der Waals surface area contributed by atoms with E-state index in [9.17, 15) is 4.79 Å². The van der Waals surface area contributed by atoms with E-state index in [1.54, 1.807) is 12.1 Å². The van der Waals surface area contributed by atoms with E-state index in [4.69, 9.17) is 23.2 Å². The number of nitrogens with zero attached hydrogens (tertiary/aromatic N) is 1. The molecule has 1 aromatic heterocycles. The first-order chi connectivity index (χ1) is 12.1. The summed E-state index contributed by atoms with van der Waals surface area (Å²) >= 11 is 13.5. The van der Waals surface area contributed by atoms with Crippen LogP contribution < -0.4 is 5.32 Å². The zero-order valence-electron chi connectivity index (χ0n) is 14.5. The lowest BCUT2D eigenvalue weighted by Crippen LogP contribution is -2.10. The molecule has 1 N–H and O–H groups in total. The summed E-state index contributed by atoms with van der Waals surface area (Å²) in [6.45, 7) is 2.22. The molecule has 0 spiro atoms. The second-order valence-corrected chi connectivity index (χ2v) is 7.78. The van der Waals surface area contributed by atoms with Gasteiger partial charge in [0.1, 0.15) is 0 Å². The Kier molecular flexibility index (Phi) is 8.73. The second-order valence-electron chi connectivity index (χ2n) is 6.08. The second kappa shape index (κ2) is 10.8. The highest BCUT2D eigenvalue weighted by molar-refractivity contribution is 7.14. The fourth-order valence-corrected chi connectivity index (χ4v) is 3.81. The summed E-state index contributed by atoms with van der Waals surface area (Å²) in [6.07, 6.45) is 8.95. The summed E-state index contributed by atoms with van der Waals surface area (Å²) in [4.78, 5) is 16.5. The summed E-state index contributed by atoms with van der Waals surface area (Å²) in [5, 5.41) is 6.51. The van der Waals surface area contributed by atoms with Crippen LogP contribution >= 0.6 is 34.5 Å². The third-order valence-electron chi connectivity index (χ3n) is 3.97. The minimum Gasteiger partial charge on any atom is -0.302 e. The van der Waals surface area contributed by atoms with Gasteiger partial charge in [0.05, 0.1) is 10.7 Å². The van der Waals surface area contributed by atoms with Crippen molar-refractivity contribution in [2.75, 3.05) is 5.32 Å². The van der Waals surface area contributed by atoms with Crippen LogP contribution in [-0.4, -0.2) is 10.9 Å². The van der Waals surface area contributed by atoms with Crippen LogP contribution in [0.5, 0.6) is 0 Å². The van der Waals surface area contributed by atoms with E-state index in [0.29, 0.717) is 21.6 Å². The Morgan fingerprint density at radius 1 is 1.12 bits per heavy atom. The monoisotopic (exact) mass is 398 g/mol. The van der Waals surface area contributed by atoms with Crippen molar-refractivity contribution in [1.82, 2.24) is 4.98 Å². The number of carbonyl (C=O) groups excluding carboxylic acids is 1. The topological polar surface area (TPSA) is 42.0 Å². The Morgan fingerprint density at radius 3 is 2.56 bits per heavy atom. The van der Waals surface area contributed by atoms with Crippen LogP contribution in [0.4, 0.5) is 5.13 Å². The fourth-order valence-electron chi connectivity index (χ4n) is 2.58. The van der Waals surface area contributed by atoms with Gasteiger partial charge in [-0.1, -0.05) is 68.7 Å². The molecule has 2 rings (SSSR count). The van der Waals surface area contributed by atoms with Crippen molar-refractivity contribution in [2.24, 2.45) is 0 Å². The van der Waals surface area contributed by atoms with Crippen molar-refractivity contribution in [3.8, 4) is 11.3 Å². The third kappa shape index (κ3) is 6.96. The average molecular weight is 399 g/mol. The number of hydrogen-bond donors (Lipinski definition) is 1. The molecule has 25 heavy (non-hydrogen) atoms. The Morgan fingerprint density at radius 2 is 1.84 bits per heavy atom. The number of carbonyl (C=O) groups is 1. The van der Waals surface area contributed by atoms with Crippen LogP contribution in [0.3, 0.4) is 0 Å². The molecule has 0 radical (unpaired) electrons. The molecule has 0 aliphatic carbocycles. The van der Waals surface area contributed by atoms with Gasteiger partial charge in [-0.05, 0) is 24.6 Å². The third-order valence-corrected chi connectivity index (χ3v) is 5.27. The van der Waals surface area contributed by atoms with Crippen molar-refractivity contribution in [3.63, 3.8) is 0 Å². The van der Waals surface area contributed by atoms with E-state index in [2.05, 4.69) is 17.2 Å². The number of benzene rings is 1. The molecule has 1 aromatic carbocycles. The van der Waals surface area contributed by atoms with Crippen LogP contribution in [-0.2, 0) is 4.79 Å². The van der Waals surface area contributed by atoms with Crippen molar-refractivity contribution in [3.05, 3.63) is 33.6 Å². The number of amides is 1. The van der Waals surface area contributed by atoms with Gasteiger partial charge in [-0.3, -0.25) is 4.79 Å². The molecule has 3 nitrogen and oxygen atoms in total. The number of unbranched alkanes of at least 4 members (excludes halogenated alkanes) is 6. The first-order valence-electron chi connectivity index (χ1n) is 8.81. The highest BCUT2D eigenvalue weighted by atomic mass is 35.5. The number of nitrogens with one attached hydrogen (secondary N) is 1. The zero-order valence-corrected chi connectivity index (χ0v) is 16.8. The molecule has 0 unspecified atom stereocenters. The molecular formula is C19H24Cl2N2OS. The maximum absolute atomic E-state index is 12.0. The minimum atomic E-state index is 0.0247. The van der Waals surface area contributed by atoms with E-state index in [-0.39, 0.29) is 5.91 Å². The lowest BCUT2D eigenvalue weighted by atomic mass is 10.1. The summed E-state index contributed by atoms with van der Waals surface area (Å²) < 4.78 is 0. The minimum absolute atomic E-state index is 0.0247. The normalized spacial score (nSPS) is 10.8. The first-order valence-corrected chi connectivity index (χ1v) is 10.4. The summed E-state index contributed by atoms with van der Waals surface area (Å²) in [7, 11) is 0. The SMILES string of the molecule is CCCCCCCCCC(=O)Nc1nc(-c2ccc(Cl)cc2Cl)cs1. The lowest BCUT2D eigenvalue weighted by molar-refractivity contribution is -0.116. The van der Waals surface area contributed by atoms with Gasteiger partial charge in [0.15, 0.2) is 5.13 Å². The van der Waals surface area contributed by atoms with Crippen molar-refractivity contribution in [2.45, 2.75) is 58.3 Å². The predicted octanol–water partition coefficient (Wildman–Crippen LogP) is 7.20. The quantitative estimate of drug-likeness (QED) is 0.429. The molecule has 6 heteroatoms. The van der Waals surface area contributed by atoms with Crippen LogP contribution in [0, 0.1) is 0 Å². The number of rotatable bonds is 10. The molecule has 1 amide bonds. The highest BCUT2D eigenvalue weighted by Gasteiger charge is 2.10. The molecule has 0 saturated heterocycles. The molecule has 2 aromatic rings. The van der Waals surface area contributed by atoms with Crippen LogP contribution in [0.25, 0.3) is 11.3 Å². The van der Waals surface area contributed by atoms with Crippen molar-refractivity contribution >= 4 is 45.6 Å². The van der Waals surface area contributed by atoms with Crippen LogP contribution in [0.2, 0.25) is 10.0 Å². The van der Waals surface area contributed by atoms with Crippen molar-refractivity contribution < 1.29 is 4.79 Å². The molecule has 0 atom stereocenters. The molecule has 0 aliphatic heterocycles. The van der Waals surface area contributed by atoms with Crippen LogP contribution in [0.1, 0.15) is 58.3 Å². The average Bonchev–Trinajstić information content (AvgIpc) is 3.02. The molecule has 0 saturated carbocycles. The van der Waals surface area contributed by atoms with E-state index in [1.165, 1.54) is 43.4 Å². The number of aromatic nitrogens is 1. The predicted molar refractivity (Wildman–Crippen MR) is 109 cm³/mol. The van der Waals surface area contributed by atoms with Gasteiger partial charge < -0.3 is 5.32 Å². The van der Waals surface area contributed by atoms with Gasteiger partial charge >= 0.3 is 0 Å². The number of thiazole rings is 1. The number of hydrogen-bond acceptors (Lipinski definition) is 3. The van der Waals surface area contributed by atoms with Crippen LogP contribution in [0.15, 0.2) is 23.6 Å². The summed E-state index contributed by atoms with van der Waals surface area (Å²) in [6, 6.07) is 5.31. The van der Waals surface area contributed by atoms with Gasteiger partial charge in [0, 0.05) is 22.4 Å². The van der Waals surface area contributed by atoms with Gasteiger partial charge in [-0.25, -0.2) is 4.98 Å². The fraction of sp³-hybridized carbons (Fsp3) is 0.474. The Hall–Kier alpha value is -1.10. The van der Waals surface area contributed by atoms with Gasteiger partial charge in [0.2, 0.25) is 5.91 Å². The van der Waals surface area contributed by atoms with E-state index in [0.717, 1.165) is 24.1 Å². The van der Waals surface area contributed by atoms with E-state index < -0.39 is 0 Å². The molecule has 0 aliphatic rings.